The monoisotopic (exact) mass is 470 g/mol. The van der Waals surface area contributed by atoms with Gasteiger partial charge in [0.1, 0.15) is 17.5 Å². The molecule has 0 fully saturated rings. The van der Waals surface area contributed by atoms with Gasteiger partial charge in [-0.2, -0.15) is 0 Å². The van der Waals surface area contributed by atoms with Crippen LogP contribution in [0.2, 0.25) is 0 Å². The maximum Gasteiger partial charge on any atom is 0.123 e. The molecule has 0 amide bonds. The number of nitrogens with zero attached hydrogens (tertiary/aromatic N) is 1. The van der Waals surface area contributed by atoms with Gasteiger partial charge in [-0.15, -0.1) is 0 Å². The highest BCUT2D eigenvalue weighted by Crippen LogP contribution is 2.04. The van der Waals surface area contributed by atoms with E-state index < -0.39 is 0 Å². The van der Waals surface area contributed by atoms with Gasteiger partial charge >= 0.3 is 0 Å². The highest BCUT2D eigenvalue weighted by molar-refractivity contribution is 5.17. The highest BCUT2D eigenvalue weighted by Gasteiger charge is 2.05. The van der Waals surface area contributed by atoms with Crippen molar-refractivity contribution in [2.24, 2.45) is 0 Å². The second kappa shape index (κ2) is 14.5. The van der Waals surface area contributed by atoms with Crippen LogP contribution in [0.15, 0.2) is 72.8 Å². The van der Waals surface area contributed by atoms with Crippen LogP contribution in [0, 0.1) is 17.5 Å². The summed E-state index contributed by atoms with van der Waals surface area (Å²) in [6.45, 7) is 7.14. The van der Waals surface area contributed by atoms with Crippen molar-refractivity contribution in [2.75, 3.05) is 39.3 Å². The van der Waals surface area contributed by atoms with Crippen molar-refractivity contribution in [3.05, 3.63) is 107 Å². The molecule has 3 aromatic carbocycles. The second-order valence-corrected chi connectivity index (χ2v) is 8.25. The number of nitrogens with one attached hydrogen (secondary N) is 3. The van der Waals surface area contributed by atoms with Gasteiger partial charge in [-0.1, -0.05) is 36.4 Å². The maximum atomic E-state index is 13.1. The molecular weight excluding hydrogens is 437 g/mol. The molecule has 0 radical (unpaired) electrons. The maximum absolute atomic E-state index is 13.1. The summed E-state index contributed by atoms with van der Waals surface area (Å²) in [7, 11) is 0. The third-order valence-corrected chi connectivity index (χ3v) is 5.54. The Kier molecular flexibility index (Phi) is 11.1. The molecule has 0 saturated heterocycles. The fourth-order valence-electron chi connectivity index (χ4n) is 3.55. The van der Waals surface area contributed by atoms with Crippen LogP contribution in [-0.4, -0.2) is 44.2 Å². The van der Waals surface area contributed by atoms with Crippen molar-refractivity contribution in [2.45, 2.75) is 19.6 Å². The van der Waals surface area contributed by atoms with Gasteiger partial charge < -0.3 is 16.0 Å². The van der Waals surface area contributed by atoms with Crippen molar-refractivity contribution < 1.29 is 13.2 Å². The van der Waals surface area contributed by atoms with Crippen LogP contribution >= 0.6 is 0 Å². The first kappa shape index (κ1) is 25.9. The van der Waals surface area contributed by atoms with Gasteiger partial charge in [-0.25, -0.2) is 13.2 Å². The predicted octanol–water partition coefficient (Wildman–Crippen LogP) is 4.08. The van der Waals surface area contributed by atoms with E-state index in [1.807, 2.05) is 0 Å². The average Bonchev–Trinajstić information content (AvgIpc) is 2.85. The zero-order chi connectivity index (χ0) is 24.0. The van der Waals surface area contributed by atoms with Crippen LogP contribution in [0.5, 0.6) is 0 Å². The van der Waals surface area contributed by atoms with Crippen LogP contribution < -0.4 is 16.0 Å². The number of benzene rings is 3. The van der Waals surface area contributed by atoms with Gasteiger partial charge in [0.15, 0.2) is 0 Å². The molecule has 0 saturated carbocycles. The summed E-state index contributed by atoms with van der Waals surface area (Å²) in [5, 5.41) is 10.3. The summed E-state index contributed by atoms with van der Waals surface area (Å²) >= 11 is 0. The molecule has 7 heteroatoms. The fraction of sp³-hybridized carbons (Fsp3) is 0.333. The molecule has 0 atom stereocenters. The Morgan fingerprint density at radius 1 is 0.441 bits per heavy atom. The van der Waals surface area contributed by atoms with Gasteiger partial charge in [-0.3, -0.25) is 4.90 Å². The van der Waals surface area contributed by atoms with Crippen molar-refractivity contribution in [3.63, 3.8) is 0 Å². The lowest BCUT2D eigenvalue weighted by Crippen LogP contribution is -2.40. The summed E-state index contributed by atoms with van der Waals surface area (Å²) < 4.78 is 39.2. The topological polar surface area (TPSA) is 39.3 Å². The third-order valence-electron chi connectivity index (χ3n) is 5.54. The second-order valence-electron chi connectivity index (χ2n) is 8.25. The Bertz CT molecular complexity index is 820. The molecule has 4 nitrogen and oxygen atoms in total. The normalized spacial score (nSPS) is 11.3. The van der Waals surface area contributed by atoms with Crippen LogP contribution in [0.3, 0.4) is 0 Å². The first-order valence-corrected chi connectivity index (χ1v) is 11.7. The summed E-state index contributed by atoms with van der Waals surface area (Å²) in [5.41, 5.74) is 3.15. The van der Waals surface area contributed by atoms with Crippen LogP contribution in [0.4, 0.5) is 13.2 Å². The Morgan fingerprint density at radius 3 is 0.971 bits per heavy atom. The minimum absolute atomic E-state index is 0.226. The fourth-order valence-corrected chi connectivity index (χ4v) is 3.55. The van der Waals surface area contributed by atoms with E-state index in [0.29, 0.717) is 19.6 Å². The largest absolute Gasteiger partial charge is 0.311 e. The zero-order valence-electron chi connectivity index (χ0n) is 19.4. The zero-order valence-corrected chi connectivity index (χ0v) is 19.4. The molecule has 0 aliphatic rings. The molecule has 0 aliphatic carbocycles. The third kappa shape index (κ3) is 10.1. The summed E-state index contributed by atoms with van der Waals surface area (Å²) in [5.74, 6) is -0.677. The van der Waals surface area contributed by atoms with E-state index >= 15 is 0 Å². The minimum Gasteiger partial charge on any atom is -0.311 e. The first-order valence-electron chi connectivity index (χ1n) is 11.7. The Morgan fingerprint density at radius 2 is 0.706 bits per heavy atom. The quantitative estimate of drug-likeness (QED) is 0.293. The van der Waals surface area contributed by atoms with Crippen molar-refractivity contribution in [1.29, 1.82) is 0 Å². The molecule has 0 aliphatic heterocycles. The molecule has 0 spiro atoms. The lowest BCUT2D eigenvalue weighted by molar-refractivity contribution is 0.271. The minimum atomic E-state index is -0.226. The van der Waals surface area contributed by atoms with Crippen LogP contribution in [-0.2, 0) is 19.6 Å². The van der Waals surface area contributed by atoms with Crippen molar-refractivity contribution in [3.8, 4) is 0 Å². The Hall–Kier alpha value is -2.71. The Balaban J connectivity index is 1.39. The van der Waals surface area contributed by atoms with Crippen LogP contribution in [0.1, 0.15) is 16.7 Å². The summed E-state index contributed by atoms with van der Waals surface area (Å²) in [6.07, 6.45) is 0. The predicted molar refractivity (Wildman–Crippen MR) is 131 cm³/mol. The molecule has 0 bridgehead atoms. The van der Waals surface area contributed by atoms with Gasteiger partial charge in [0.2, 0.25) is 0 Å². The summed E-state index contributed by atoms with van der Waals surface area (Å²) in [4.78, 5) is 2.37. The number of halogens is 3. The molecule has 182 valence electrons. The molecule has 34 heavy (non-hydrogen) atoms. The number of hydrogen-bond acceptors (Lipinski definition) is 4. The van der Waals surface area contributed by atoms with Gasteiger partial charge in [0, 0.05) is 58.9 Å². The molecule has 0 unspecified atom stereocenters. The molecule has 3 N–H and O–H groups in total. The van der Waals surface area contributed by atoms with E-state index in [-0.39, 0.29) is 17.5 Å². The molecular formula is C27H33F3N4. The van der Waals surface area contributed by atoms with E-state index in [4.69, 9.17) is 0 Å². The van der Waals surface area contributed by atoms with E-state index in [1.165, 1.54) is 36.4 Å². The van der Waals surface area contributed by atoms with E-state index in [0.717, 1.165) is 56.0 Å². The smallest absolute Gasteiger partial charge is 0.123 e. The van der Waals surface area contributed by atoms with Crippen molar-refractivity contribution in [1.82, 2.24) is 20.9 Å². The van der Waals surface area contributed by atoms with Crippen LogP contribution in [0.25, 0.3) is 0 Å². The van der Waals surface area contributed by atoms with Gasteiger partial charge in [0.25, 0.3) is 0 Å². The lowest BCUT2D eigenvalue weighted by Gasteiger charge is -2.23. The SMILES string of the molecule is Fc1ccc(CNCCN(CCNCc2ccc(F)cc2)CCNCc2ccc(F)cc2)cc1. The molecule has 3 aromatic rings. The van der Waals surface area contributed by atoms with E-state index in [2.05, 4.69) is 20.9 Å². The lowest BCUT2D eigenvalue weighted by atomic mass is 10.2. The summed E-state index contributed by atoms with van der Waals surface area (Å²) in [6, 6.07) is 19.6. The van der Waals surface area contributed by atoms with E-state index in [9.17, 15) is 13.2 Å². The van der Waals surface area contributed by atoms with Gasteiger partial charge in [-0.05, 0) is 53.1 Å². The molecule has 0 heterocycles. The first-order chi connectivity index (χ1) is 16.6. The van der Waals surface area contributed by atoms with E-state index in [1.54, 1.807) is 36.4 Å². The molecule has 0 aromatic heterocycles. The average molecular weight is 471 g/mol. The standard InChI is InChI=1S/C27H33F3N4/c28-25-7-1-22(2-8-25)19-31-13-16-34(17-14-32-20-23-3-9-26(29)10-4-23)18-15-33-21-24-5-11-27(30)12-6-24/h1-12,31-33H,13-21H2. The highest BCUT2D eigenvalue weighted by atomic mass is 19.1. The van der Waals surface area contributed by atoms with Crippen molar-refractivity contribution >= 4 is 0 Å². The Labute approximate surface area is 200 Å². The molecule has 3 rings (SSSR count). The number of hydrogen-bond donors (Lipinski definition) is 3. The van der Waals surface area contributed by atoms with Gasteiger partial charge in [0.05, 0.1) is 0 Å². The number of rotatable bonds is 15.